The smallest absolute Gasteiger partial charge is 0.317 e. The predicted molar refractivity (Wildman–Crippen MR) is 76.5 cm³/mol. The van der Waals surface area contributed by atoms with Crippen molar-refractivity contribution in [1.29, 1.82) is 0 Å². The molecule has 0 bridgehead atoms. The average Bonchev–Trinajstić information content (AvgIpc) is 2.73. The molecule has 0 aliphatic carbocycles. The zero-order valence-electron chi connectivity index (χ0n) is 11.1. The second-order valence-electron chi connectivity index (χ2n) is 5.09. The van der Waals surface area contributed by atoms with Gasteiger partial charge in [0, 0.05) is 23.2 Å². The summed E-state index contributed by atoms with van der Waals surface area (Å²) in [6, 6.07) is 3.63. The second-order valence-corrected chi connectivity index (χ2v) is 7.76. The summed E-state index contributed by atoms with van der Waals surface area (Å²) in [4.78, 5) is 12.4. The van der Waals surface area contributed by atoms with Crippen LogP contribution in [0.3, 0.4) is 0 Å². The largest absolute Gasteiger partial charge is 0.480 e. The molecular weight excluding hydrogens is 321 g/mol. The molecule has 0 spiro atoms. The Hall–Kier alpha value is -1.18. The summed E-state index contributed by atoms with van der Waals surface area (Å²) in [5.74, 6) is -1.63. The molecule has 1 saturated heterocycles. The number of sulfone groups is 1. The van der Waals surface area contributed by atoms with E-state index in [9.17, 15) is 17.6 Å². The minimum absolute atomic E-state index is 0.0128. The standard InChI is InChI=1S/C13H15ClFNO4S/c14-10-1-2-12(15)9(5-10)6-16(7-13(17)18)11-3-4-21(19,20)8-11/h1-2,5,11H,3-4,6-8H2,(H,17,18). The first-order valence-electron chi connectivity index (χ1n) is 6.37. The highest BCUT2D eigenvalue weighted by molar-refractivity contribution is 7.91. The molecule has 1 aromatic rings. The molecule has 1 unspecified atom stereocenters. The number of carbonyl (C=O) groups is 1. The molecule has 2 rings (SSSR count). The highest BCUT2D eigenvalue weighted by Gasteiger charge is 2.33. The maximum Gasteiger partial charge on any atom is 0.317 e. The van der Waals surface area contributed by atoms with Gasteiger partial charge in [-0.25, -0.2) is 12.8 Å². The minimum Gasteiger partial charge on any atom is -0.480 e. The Labute approximate surface area is 127 Å². The molecule has 21 heavy (non-hydrogen) atoms. The van der Waals surface area contributed by atoms with Gasteiger partial charge in [-0.15, -0.1) is 0 Å². The predicted octanol–water partition coefficient (Wildman–Crippen LogP) is 1.55. The molecule has 1 atom stereocenters. The van der Waals surface area contributed by atoms with Gasteiger partial charge in [0.25, 0.3) is 0 Å². The van der Waals surface area contributed by atoms with E-state index in [-0.39, 0.29) is 30.2 Å². The number of hydrogen-bond acceptors (Lipinski definition) is 4. The number of rotatable bonds is 5. The third-order valence-electron chi connectivity index (χ3n) is 3.44. The van der Waals surface area contributed by atoms with Crippen molar-refractivity contribution in [2.24, 2.45) is 0 Å². The van der Waals surface area contributed by atoms with Gasteiger partial charge in [0.05, 0.1) is 18.1 Å². The van der Waals surface area contributed by atoms with Crippen molar-refractivity contribution >= 4 is 27.4 Å². The van der Waals surface area contributed by atoms with E-state index in [1.54, 1.807) is 0 Å². The number of aliphatic carboxylic acids is 1. The third kappa shape index (κ3) is 4.39. The lowest BCUT2D eigenvalue weighted by molar-refractivity contribution is -0.139. The van der Waals surface area contributed by atoms with Gasteiger partial charge >= 0.3 is 5.97 Å². The Morgan fingerprint density at radius 1 is 1.48 bits per heavy atom. The van der Waals surface area contributed by atoms with E-state index < -0.39 is 27.7 Å². The minimum atomic E-state index is -3.14. The molecule has 1 aliphatic rings. The fourth-order valence-electron chi connectivity index (χ4n) is 2.43. The van der Waals surface area contributed by atoms with E-state index in [0.29, 0.717) is 11.4 Å². The van der Waals surface area contributed by atoms with Gasteiger partial charge in [0.15, 0.2) is 9.84 Å². The van der Waals surface area contributed by atoms with E-state index in [4.69, 9.17) is 16.7 Å². The van der Waals surface area contributed by atoms with Crippen LogP contribution in [0.1, 0.15) is 12.0 Å². The van der Waals surface area contributed by atoms with Crippen LogP contribution in [0.15, 0.2) is 18.2 Å². The van der Waals surface area contributed by atoms with Gasteiger partial charge < -0.3 is 5.11 Å². The lowest BCUT2D eigenvalue weighted by Crippen LogP contribution is -2.39. The summed E-state index contributed by atoms with van der Waals surface area (Å²) < 4.78 is 36.8. The maximum absolute atomic E-state index is 13.8. The Morgan fingerprint density at radius 3 is 2.76 bits per heavy atom. The lowest BCUT2D eigenvalue weighted by atomic mass is 10.1. The van der Waals surface area contributed by atoms with Crippen molar-refractivity contribution in [3.63, 3.8) is 0 Å². The Bertz CT molecular complexity index is 650. The number of carboxylic acid groups (broad SMARTS) is 1. The van der Waals surface area contributed by atoms with Crippen LogP contribution in [0.4, 0.5) is 4.39 Å². The fraction of sp³-hybridized carbons (Fsp3) is 0.462. The molecule has 1 aromatic carbocycles. The molecule has 116 valence electrons. The van der Waals surface area contributed by atoms with Crippen LogP contribution in [0.2, 0.25) is 5.02 Å². The van der Waals surface area contributed by atoms with Crippen molar-refractivity contribution in [3.05, 3.63) is 34.6 Å². The van der Waals surface area contributed by atoms with E-state index in [1.165, 1.54) is 23.1 Å². The molecule has 8 heteroatoms. The summed E-state index contributed by atoms with van der Waals surface area (Å²) >= 11 is 5.81. The first-order chi connectivity index (χ1) is 9.77. The molecule has 0 radical (unpaired) electrons. The zero-order valence-corrected chi connectivity index (χ0v) is 12.7. The van der Waals surface area contributed by atoms with E-state index in [1.807, 2.05) is 0 Å². The molecular formula is C13H15ClFNO4S. The fourth-order valence-corrected chi connectivity index (χ4v) is 4.39. The number of halogens is 2. The number of hydrogen-bond donors (Lipinski definition) is 1. The highest BCUT2D eigenvalue weighted by atomic mass is 35.5. The summed E-state index contributed by atoms with van der Waals surface area (Å²) in [6.07, 6.45) is 0.359. The summed E-state index contributed by atoms with van der Waals surface area (Å²) in [5, 5.41) is 9.31. The van der Waals surface area contributed by atoms with Gasteiger partial charge in [-0.05, 0) is 24.6 Å². The van der Waals surface area contributed by atoms with Gasteiger partial charge in [-0.1, -0.05) is 11.6 Å². The van der Waals surface area contributed by atoms with Gasteiger partial charge in [0.1, 0.15) is 5.82 Å². The molecule has 1 aliphatic heterocycles. The molecule has 0 amide bonds. The second kappa shape index (κ2) is 6.29. The summed E-state index contributed by atoms with van der Waals surface area (Å²) in [5.41, 5.74) is 0.257. The first-order valence-corrected chi connectivity index (χ1v) is 8.57. The maximum atomic E-state index is 13.8. The van der Waals surface area contributed by atoms with E-state index >= 15 is 0 Å². The molecule has 0 aromatic heterocycles. The SMILES string of the molecule is O=C(O)CN(Cc1cc(Cl)ccc1F)C1CCS(=O)(=O)C1. The van der Waals surface area contributed by atoms with Crippen molar-refractivity contribution < 1.29 is 22.7 Å². The summed E-state index contributed by atoms with van der Waals surface area (Å²) in [7, 11) is -3.14. The monoisotopic (exact) mass is 335 g/mol. The average molecular weight is 336 g/mol. The molecule has 1 N–H and O–H groups in total. The van der Waals surface area contributed by atoms with Gasteiger partial charge in [0.2, 0.25) is 0 Å². The molecule has 1 fully saturated rings. The quantitative estimate of drug-likeness (QED) is 0.883. The number of nitrogens with zero attached hydrogens (tertiary/aromatic N) is 1. The molecule has 0 saturated carbocycles. The molecule has 1 heterocycles. The van der Waals surface area contributed by atoms with Crippen LogP contribution in [-0.2, 0) is 21.2 Å². The Morgan fingerprint density at radius 2 is 2.19 bits per heavy atom. The van der Waals surface area contributed by atoms with Crippen LogP contribution >= 0.6 is 11.6 Å². The van der Waals surface area contributed by atoms with E-state index in [0.717, 1.165) is 0 Å². The Balaban J connectivity index is 2.20. The van der Waals surface area contributed by atoms with Crippen molar-refractivity contribution in [3.8, 4) is 0 Å². The van der Waals surface area contributed by atoms with Crippen LogP contribution in [0.5, 0.6) is 0 Å². The molecule has 5 nitrogen and oxygen atoms in total. The van der Waals surface area contributed by atoms with Gasteiger partial charge in [-0.2, -0.15) is 0 Å². The van der Waals surface area contributed by atoms with Crippen LogP contribution in [-0.4, -0.2) is 48.5 Å². The lowest BCUT2D eigenvalue weighted by Gasteiger charge is -2.26. The van der Waals surface area contributed by atoms with Gasteiger partial charge in [-0.3, -0.25) is 9.69 Å². The van der Waals surface area contributed by atoms with Crippen molar-refractivity contribution in [2.75, 3.05) is 18.1 Å². The highest BCUT2D eigenvalue weighted by Crippen LogP contribution is 2.22. The third-order valence-corrected chi connectivity index (χ3v) is 5.43. The van der Waals surface area contributed by atoms with Crippen molar-refractivity contribution in [2.45, 2.75) is 19.0 Å². The van der Waals surface area contributed by atoms with E-state index in [2.05, 4.69) is 0 Å². The first kappa shape index (κ1) is 16.2. The van der Waals surface area contributed by atoms with Crippen LogP contribution in [0.25, 0.3) is 0 Å². The van der Waals surface area contributed by atoms with Crippen LogP contribution < -0.4 is 0 Å². The van der Waals surface area contributed by atoms with Crippen molar-refractivity contribution in [1.82, 2.24) is 4.90 Å². The number of benzene rings is 1. The van der Waals surface area contributed by atoms with Crippen LogP contribution in [0, 0.1) is 5.82 Å². The Kier molecular flexibility index (Phi) is 4.85. The normalized spacial score (nSPS) is 20.8. The zero-order chi connectivity index (χ0) is 15.6. The number of carboxylic acids is 1. The topological polar surface area (TPSA) is 74.7 Å². The summed E-state index contributed by atoms with van der Waals surface area (Å²) in [6.45, 7) is -0.328.